The van der Waals surface area contributed by atoms with Crippen LogP contribution in [-0.4, -0.2) is 42.9 Å². The van der Waals surface area contributed by atoms with Crippen LogP contribution >= 0.6 is 0 Å². The highest BCUT2D eigenvalue weighted by molar-refractivity contribution is 7.90. The molecule has 10 heteroatoms. The predicted octanol–water partition coefficient (Wildman–Crippen LogP) is 2.39. The number of nitrogens with zero attached hydrogens (tertiary/aromatic N) is 2. The van der Waals surface area contributed by atoms with Crippen molar-refractivity contribution in [1.29, 1.82) is 0 Å². The van der Waals surface area contributed by atoms with E-state index in [1.165, 1.54) is 18.3 Å². The van der Waals surface area contributed by atoms with Crippen LogP contribution < -0.4 is 15.4 Å². The average molecular weight is 460 g/mol. The molecular formula is C22H29N5O4S. The summed E-state index contributed by atoms with van der Waals surface area (Å²) in [7, 11) is -3.95. The molecule has 1 aromatic carbocycles. The van der Waals surface area contributed by atoms with Gasteiger partial charge in [0.05, 0.1) is 22.5 Å². The number of hydrogen-bond donors (Lipinski definition) is 3. The number of carbonyl (C=O) groups is 2. The fourth-order valence-electron chi connectivity index (χ4n) is 3.54. The van der Waals surface area contributed by atoms with Gasteiger partial charge in [0.25, 0.3) is 15.9 Å². The molecule has 3 rings (SSSR count). The summed E-state index contributed by atoms with van der Waals surface area (Å²) >= 11 is 0. The molecule has 3 N–H and O–H groups in total. The quantitative estimate of drug-likeness (QED) is 0.583. The summed E-state index contributed by atoms with van der Waals surface area (Å²) in [5.41, 5.74) is 2.59. The van der Waals surface area contributed by atoms with Gasteiger partial charge in [-0.05, 0) is 50.8 Å². The predicted molar refractivity (Wildman–Crippen MR) is 120 cm³/mol. The number of benzene rings is 1. The molecule has 0 atom stereocenters. The maximum Gasteiger partial charge on any atom is 0.328 e. The summed E-state index contributed by atoms with van der Waals surface area (Å²) in [5, 5.41) is 5.51. The lowest BCUT2D eigenvalue weighted by molar-refractivity contribution is 0.0948. The third-order valence-electron chi connectivity index (χ3n) is 5.53. The lowest BCUT2D eigenvalue weighted by Crippen LogP contribution is -2.45. The minimum atomic E-state index is -3.95. The Hall–Kier alpha value is -3.01. The summed E-state index contributed by atoms with van der Waals surface area (Å²) in [6, 6.07) is 5.54. The molecule has 1 heterocycles. The van der Waals surface area contributed by atoms with E-state index in [1.807, 2.05) is 6.92 Å². The zero-order chi connectivity index (χ0) is 23.1. The van der Waals surface area contributed by atoms with Gasteiger partial charge in [-0.25, -0.2) is 22.9 Å². The van der Waals surface area contributed by atoms with E-state index >= 15 is 0 Å². The van der Waals surface area contributed by atoms with Gasteiger partial charge in [0, 0.05) is 12.6 Å². The number of amides is 3. The van der Waals surface area contributed by atoms with Crippen LogP contribution in [0.1, 0.15) is 59.5 Å². The van der Waals surface area contributed by atoms with Gasteiger partial charge in [-0.1, -0.05) is 31.4 Å². The standard InChI is InChI=1S/C22H29N5O4S/c1-15-16(2)25-20(14-24-15)21(28)23-13-12-17-8-10-19(11-9-17)32(30,31)27-22(29)26-18-6-4-3-5-7-18/h8-11,14,18H,3-7,12-13H2,1-2H3,(H,23,28)(H2,26,27,29). The smallest absolute Gasteiger partial charge is 0.328 e. The lowest BCUT2D eigenvalue weighted by atomic mass is 9.96. The van der Waals surface area contributed by atoms with Crippen molar-refractivity contribution in [1.82, 2.24) is 25.3 Å². The number of nitrogens with one attached hydrogen (secondary N) is 3. The fourth-order valence-corrected chi connectivity index (χ4v) is 4.46. The monoisotopic (exact) mass is 459 g/mol. The summed E-state index contributed by atoms with van der Waals surface area (Å²) in [4.78, 5) is 32.6. The van der Waals surface area contributed by atoms with Crippen molar-refractivity contribution in [2.75, 3.05) is 6.54 Å². The third-order valence-corrected chi connectivity index (χ3v) is 6.87. The van der Waals surface area contributed by atoms with Crippen LogP contribution in [0.2, 0.25) is 0 Å². The first kappa shape index (κ1) is 23.6. The maximum absolute atomic E-state index is 12.5. The Morgan fingerprint density at radius 2 is 1.72 bits per heavy atom. The Morgan fingerprint density at radius 3 is 2.38 bits per heavy atom. The zero-order valence-corrected chi connectivity index (χ0v) is 19.2. The molecule has 1 saturated carbocycles. The minimum absolute atomic E-state index is 0.00878. The summed E-state index contributed by atoms with van der Waals surface area (Å²) in [6.07, 6.45) is 6.92. The first-order valence-corrected chi connectivity index (χ1v) is 12.2. The Morgan fingerprint density at radius 1 is 1.03 bits per heavy atom. The summed E-state index contributed by atoms with van der Waals surface area (Å²) < 4.78 is 27.0. The van der Waals surface area contributed by atoms with Crippen molar-refractivity contribution in [3.63, 3.8) is 0 Å². The number of rotatable bonds is 7. The molecule has 32 heavy (non-hydrogen) atoms. The van der Waals surface area contributed by atoms with E-state index < -0.39 is 16.1 Å². The highest BCUT2D eigenvalue weighted by atomic mass is 32.2. The topological polar surface area (TPSA) is 130 Å². The van der Waals surface area contributed by atoms with E-state index in [9.17, 15) is 18.0 Å². The van der Waals surface area contributed by atoms with Crippen LogP contribution in [-0.2, 0) is 16.4 Å². The Bertz CT molecular complexity index is 1060. The second-order valence-electron chi connectivity index (χ2n) is 7.99. The van der Waals surface area contributed by atoms with Crippen LogP contribution in [0, 0.1) is 13.8 Å². The number of carbonyl (C=O) groups excluding carboxylic acids is 2. The van der Waals surface area contributed by atoms with Crippen molar-refractivity contribution >= 4 is 22.0 Å². The van der Waals surface area contributed by atoms with Gasteiger partial charge in [-0.15, -0.1) is 0 Å². The second-order valence-corrected chi connectivity index (χ2v) is 9.67. The molecule has 1 aliphatic carbocycles. The molecular weight excluding hydrogens is 430 g/mol. The van der Waals surface area contributed by atoms with E-state index in [0.717, 1.165) is 43.4 Å². The fraction of sp³-hybridized carbons (Fsp3) is 0.455. The van der Waals surface area contributed by atoms with Crippen molar-refractivity contribution in [3.05, 3.63) is 53.1 Å². The highest BCUT2D eigenvalue weighted by Gasteiger charge is 2.21. The van der Waals surface area contributed by atoms with E-state index in [2.05, 4.69) is 25.3 Å². The van der Waals surface area contributed by atoms with E-state index in [0.29, 0.717) is 18.7 Å². The van der Waals surface area contributed by atoms with Crippen molar-refractivity contribution < 1.29 is 18.0 Å². The van der Waals surface area contributed by atoms with Crippen LogP contribution in [0.3, 0.4) is 0 Å². The first-order valence-electron chi connectivity index (χ1n) is 10.8. The lowest BCUT2D eigenvalue weighted by Gasteiger charge is -2.22. The SMILES string of the molecule is Cc1ncc(C(=O)NCCc2ccc(S(=O)(=O)NC(=O)NC3CCCCC3)cc2)nc1C. The molecule has 9 nitrogen and oxygen atoms in total. The number of urea groups is 1. The van der Waals surface area contributed by atoms with Crippen LogP contribution in [0.15, 0.2) is 35.4 Å². The molecule has 0 aliphatic heterocycles. The Balaban J connectivity index is 1.49. The first-order chi connectivity index (χ1) is 15.2. The molecule has 0 radical (unpaired) electrons. The number of aryl methyl sites for hydroxylation is 2. The van der Waals surface area contributed by atoms with Gasteiger partial charge in [-0.2, -0.15) is 0 Å². The highest BCUT2D eigenvalue weighted by Crippen LogP contribution is 2.17. The minimum Gasteiger partial charge on any atom is -0.350 e. The van der Waals surface area contributed by atoms with Gasteiger partial charge >= 0.3 is 6.03 Å². The van der Waals surface area contributed by atoms with E-state index in [4.69, 9.17) is 0 Å². The average Bonchev–Trinajstić information content (AvgIpc) is 2.76. The molecule has 1 aromatic heterocycles. The van der Waals surface area contributed by atoms with Crippen LogP contribution in [0.25, 0.3) is 0 Å². The van der Waals surface area contributed by atoms with Gasteiger partial charge in [0.1, 0.15) is 5.69 Å². The van der Waals surface area contributed by atoms with Crippen LogP contribution in [0.4, 0.5) is 4.79 Å². The Labute approximate surface area is 188 Å². The number of aromatic nitrogens is 2. The molecule has 1 fully saturated rings. The van der Waals surface area contributed by atoms with Crippen molar-refractivity contribution in [3.8, 4) is 0 Å². The number of hydrogen-bond acceptors (Lipinski definition) is 6. The van der Waals surface area contributed by atoms with Gasteiger partial charge in [0.15, 0.2) is 0 Å². The summed E-state index contributed by atoms with van der Waals surface area (Å²) in [5.74, 6) is -0.312. The molecule has 2 aromatic rings. The molecule has 0 saturated heterocycles. The molecule has 1 aliphatic rings. The van der Waals surface area contributed by atoms with Crippen LogP contribution in [0.5, 0.6) is 0 Å². The van der Waals surface area contributed by atoms with Gasteiger partial charge in [-0.3, -0.25) is 9.78 Å². The molecule has 0 unspecified atom stereocenters. The zero-order valence-electron chi connectivity index (χ0n) is 18.3. The second kappa shape index (κ2) is 10.5. The van der Waals surface area contributed by atoms with Gasteiger partial charge < -0.3 is 10.6 Å². The molecule has 0 spiro atoms. The third kappa shape index (κ3) is 6.49. The Kier molecular flexibility index (Phi) is 7.79. The van der Waals surface area contributed by atoms with Gasteiger partial charge in [0.2, 0.25) is 0 Å². The number of sulfonamides is 1. The largest absolute Gasteiger partial charge is 0.350 e. The molecule has 0 bridgehead atoms. The van der Waals surface area contributed by atoms with E-state index in [1.54, 1.807) is 19.1 Å². The molecule has 172 valence electrons. The normalized spacial score (nSPS) is 14.6. The van der Waals surface area contributed by atoms with Crippen molar-refractivity contribution in [2.24, 2.45) is 0 Å². The van der Waals surface area contributed by atoms with E-state index in [-0.39, 0.29) is 22.5 Å². The maximum atomic E-state index is 12.5. The van der Waals surface area contributed by atoms with Crippen molar-refractivity contribution in [2.45, 2.75) is 63.3 Å². The molecule has 3 amide bonds. The summed E-state index contributed by atoms with van der Waals surface area (Å²) in [6.45, 7) is 3.98.